The molecule has 0 aliphatic carbocycles. The van der Waals surface area contributed by atoms with Crippen molar-refractivity contribution in [2.45, 2.75) is 19.3 Å². The summed E-state index contributed by atoms with van der Waals surface area (Å²) in [6.07, 6.45) is 2.88. The predicted molar refractivity (Wildman–Crippen MR) is 68.2 cm³/mol. The van der Waals surface area contributed by atoms with E-state index < -0.39 is 0 Å². The molecular weight excluding hydrogens is 212 g/mol. The van der Waals surface area contributed by atoms with Gasteiger partial charge >= 0.3 is 0 Å². The Morgan fingerprint density at radius 2 is 1.29 bits per heavy atom. The van der Waals surface area contributed by atoms with Crippen LogP contribution in [0.25, 0.3) is 0 Å². The first-order chi connectivity index (χ1) is 8.24. The first-order valence-corrected chi connectivity index (χ1v) is 5.80. The van der Waals surface area contributed by atoms with Crippen molar-refractivity contribution in [3.8, 4) is 11.5 Å². The maximum Gasteiger partial charge on any atom is 0.119 e. The topological polar surface area (TPSA) is 40.5 Å². The lowest BCUT2D eigenvalue weighted by Gasteiger charge is -2.04. The second-order valence-corrected chi connectivity index (χ2v) is 4.20. The van der Waals surface area contributed by atoms with Crippen LogP contribution in [-0.2, 0) is 12.8 Å². The highest BCUT2D eigenvalue weighted by atomic mass is 16.3. The highest BCUT2D eigenvalue weighted by Gasteiger charge is 1.99. The minimum absolute atomic E-state index is 0.125. The van der Waals surface area contributed by atoms with Crippen LogP contribution < -0.4 is 0 Å². The minimum atomic E-state index is 0.125. The van der Waals surface area contributed by atoms with Crippen LogP contribution in [0.15, 0.2) is 48.5 Å². The molecule has 2 N–H and O–H groups in total. The Kier molecular flexibility index (Phi) is 3.66. The molecular formula is C15H16O2. The Labute approximate surface area is 101 Å². The van der Waals surface area contributed by atoms with Crippen LogP contribution in [0, 0.1) is 0 Å². The molecule has 2 aromatic carbocycles. The van der Waals surface area contributed by atoms with Gasteiger partial charge in [-0.25, -0.2) is 0 Å². The molecule has 0 aromatic heterocycles. The van der Waals surface area contributed by atoms with Crippen molar-refractivity contribution in [3.63, 3.8) is 0 Å². The van der Waals surface area contributed by atoms with Crippen LogP contribution in [0.4, 0.5) is 0 Å². The molecule has 0 heterocycles. The molecule has 2 aromatic rings. The van der Waals surface area contributed by atoms with Crippen LogP contribution in [0.2, 0.25) is 0 Å². The molecule has 0 aliphatic rings. The van der Waals surface area contributed by atoms with E-state index in [1.807, 2.05) is 18.2 Å². The van der Waals surface area contributed by atoms with Gasteiger partial charge in [-0.3, -0.25) is 0 Å². The van der Waals surface area contributed by atoms with Gasteiger partial charge in [0, 0.05) is 6.07 Å². The van der Waals surface area contributed by atoms with Gasteiger partial charge in [-0.05, 0) is 42.5 Å². The predicted octanol–water partition coefficient (Wildman–Crippen LogP) is 3.27. The van der Waals surface area contributed by atoms with Gasteiger partial charge in [0.1, 0.15) is 11.5 Å². The standard InChI is InChI=1S/C15H16O2/c16-14-9-13(10-15(17)11-14)8-4-7-12-5-2-1-3-6-12/h1-3,5-6,9-11,16-17H,4,7-8H2. The minimum Gasteiger partial charge on any atom is -0.508 e. The van der Waals surface area contributed by atoms with Gasteiger partial charge in [-0.2, -0.15) is 0 Å². The molecule has 0 atom stereocenters. The third-order valence-electron chi connectivity index (χ3n) is 2.74. The van der Waals surface area contributed by atoms with Crippen LogP contribution in [0.3, 0.4) is 0 Å². The van der Waals surface area contributed by atoms with E-state index in [1.165, 1.54) is 11.6 Å². The van der Waals surface area contributed by atoms with E-state index in [1.54, 1.807) is 12.1 Å². The Hall–Kier alpha value is -1.96. The first kappa shape index (κ1) is 11.5. The Morgan fingerprint density at radius 1 is 0.706 bits per heavy atom. The molecule has 2 heteroatoms. The van der Waals surface area contributed by atoms with Crippen molar-refractivity contribution in [2.75, 3.05) is 0 Å². The molecule has 0 bridgehead atoms. The van der Waals surface area contributed by atoms with Crippen LogP contribution in [0.5, 0.6) is 11.5 Å². The summed E-state index contributed by atoms with van der Waals surface area (Å²) in [7, 11) is 0. The average molecular weight is 228 g/mol. The molecule has 2 nitrogen and oxygen atoms in total. The maximum absolute atomic E-state index is 9.35. The second-order valence-electron chi connectivity index (χ2n) is 4.20. The summed E-state index contributed by atoms with van der Waals surface area (Å²) in [4.78, 5) is 0. The molecule has 2 rings (SSSR count). The number of benzene rings is 2. The normalized spacial score (nSPS) is 10.4. The van der Waals surface area contributed by atoms with E-state index in [9.17, 15) is 10.2 Å². The zero-order chi connectivity index (χ0) is 12.1. The summed E-state index contributed by atoms with van der Waals surface area (Å²) in [5.41, 5.74) is 2.29. The number of hydrogen-bond donors (Lipinski definition) is 2. The lowest BCUT2D eigenvalue weighted by Crippen LogP contribution is -1.89. The van der Waals surface area contributed by atoms with Gasteiger partial charge in [0.15, 0.2) is 0 Å². The second kappa shape index (κ2) is 5.39. The molecule has 0 amide bonds. The quantitative estimate of drug-likeness (QED) is 0.843. The van der Waals surface area contributed by atoms with Gasteiger partial charge in [-0.1, -0.05) is 30.3 Å². The molecule has 17 heavy (non-hydrogen) atoms. The van der Waals surface area contributed by atoms with Gasteiger partial charge in [0.05, 0.1) is 0 Å². The molecule has 0 spiro atoms. The molecule has 0 saturated heterocycles. The van der Waals surface area contributed by atoms with Crippen molar-refractivity contribution in [1.82, 2.24) is 0 Å². The van der Waals surface area contributed by atoms with E-state index in [0.29, 0.717) is 0 Å². The monoisotopic (exact) mass is 228 g/mol. The van der Waals surface area contributed by atoms with E-state index in [-0.39, 0.29) is 11.5 Å². The van der Waals surface area contributed by atoms with Crippen molar-refractivity contribution >= 4 is 0 Å². The Bertz CT molecular complexity index is 457. The van der Waals surface area contributed by atoms with Crippen molar-refractivity contribution < 1.29 is 10.2 Å². The molecule has 0 aliphatic heterocycles. The number of aromatic hydroxyl groups is 2. The zero-order valence-corrected chi connectivity index (χ0v) is 9.63. The number of aryl methyl sites for hydroxylation is 2. The highest BCUT2D eigenvalue weighted by molar-refractivity contribution is 5.36. The Morgan fingerprint density at radius 3 is 1.94 bits per heavy atom. The van der Waals surface area contributed by atoms with E-state index >= 15 is 0 Å². The van der Waals surface area contributed by atoms with Crippen molar-refractivity contribution in [2.24, 2.45) is 0 Å². The fourth-order valence-corrected chi connectivity index (χ4v) is 1.94. The van der Waals surface area contributed by atoms with Crippen LogP contribution in [-0.4, -0.2) is 10.2 Å². The third-order valence-corrected chi connectivity index (χ3v) is 2.74. The fraction of sp³-hybridized carbons (Fsp3) is 0.200. The zero-order valence-electron chi connectivity index (χ0n) is 9.63. The fourth-order valence-electron chi connectivity index (χ4n) is 1.94. The van der Waals surface area contributed by atoms with E-state index in [4.69, 9.17) is 0 Å². The Balaban J connectivity index is 1.90. The summed E-state index contributed by atoms with van der Waals surface area (Å²) in [5.74, 6) is 0.249. The molecule has 0 unspecified atom stereocenters. The summed E-state index contributed by atoms with van der Waals surface area (Å²) in [6, 6.07) is 15.1. The van der Waals surface area contributed by atoms with E-state index in [0.717, 1.165) is 24.8 Å². The van der Waals surface area contributed by atoms with Crippen molar-refractivity contribution in [3.05, 3.63) is 59.7 Å². The average Bonchev–Trinajstić information content (AvgIpc) is 2.29. The molecule has 0 fully saturated rings. The summed E-state index contributed by atoms with van der Waals surface area (Å²) in [5, 5.41) is 18.7. The van der Waals surface area contributed by atoms with Crippen molar-refractivity contribution in [1.29, 1.82) is 0 Å². The number of hydrogen-bond acceptors (Lipinski definition) is 2. The molecule has 0 saturated carbocycles. The van der Waals surface area contributed by atoms with Crippen LogP contribution >= 0.6 is 0 Å². The summed E-state index contributed by atoms with van der Waals surface area (Å²) < 4.78 is 0. The lowest BCUT2D eigenvalue weighted by molar-refractivity contribution is 0.449. The first-order valence-electron chi connectivity index (χ1n) is 5.80. The van der Waals surface area contributed by atoms with E-state index in [2.05, 4.69) is 12.1 Å². The third kappa shape index (κ3) is 3.52. The smallest absolute Gasteiger partial charge is 0.119 e. The molecule has 0 radical (unpaired) electrons. The van der Waals surface area contributed by atoms with Gasteiger partial charge in [0.25, 0.3) is 0 Å². The summed E-state index contributed by atoms with van der Waals surface area (Å²) >= 11 is 0. The number of phenolic OH excluding ortho intramolecular Hbond substituents is 2. The molecule has 88 valence electrons. The van der Waals surface area contributed by atoms with Gasteiger partial charge in [-0.15, -0.1) is 0 Å². The number of phenols is 2. The number of rotatable bonds is 4. The largest absolute Gasteiger partial charge is 0.508 e. The maximum atomic E-state index is 9.35. The van der Waals surface area contributed by atoms with Gasteiger partial charge < -0.3 is 10.2 Å². The van der Waals surface area contributed by atoms with Gasteiger partial charge in [0.2, 0.25) is 0 Å². The van der Waals surface area contributed by atoms with Crippen LogP contribution in [0.1, 0.15) is 17.5 Å². The SMILES string of the molecule is Oc1cc(O)cc(CCCc2ccccc2)c1. The highest BCUT2D eigenvalue weighted by Crippen LogP contribution is 2.21. The lowest BCUT2D eigenvalue weighted by atomic mass is 10.0. The summed E-state index contributed by atoms with van der Waals surface area (Å²) in [6.45, 7) is 0.